The molecule has 0 N–H and O–H groups in total. The van der Waals surface area contributed by atoms with Gasteiger partial charge >= 0.3 is 0 Å². The van der Waals surface area contributed by atoms with Crippen molar-refractivity contribution in [3.8, 4) is 0 Å². The maximum absolute atomic E-state index is 2.34. The topological polar surface area (TPSA) is 0 Å². The van der Waals surface area contributed by atoms with E-state index in [1.165, 1.54) is 44.1 Å². The fourth-order valence-corrected chi connectivity index (χ4v) is 2.82. The summed E-state index contributed by atoms with van der Waals surface area (Å²) in [5, 5.41) is 0. The second-order valence-electron chi connectivity index (χ2n) is 5.95. The summed E-state index contributed by atoms with van der Waals surface area (Å²) < 4.78 is 0. The van der Waals surface area contributed by atoms with E-state index in [1.54, 1.807) is 0 Å². The smallest absolute Gasteiger partial charge is 0.0222 e. The monoisotopic (exact) mass is 216 g/mol. The lowest BCUT2D eigenvalue weighted by atomic mass is 9.62. The molecule has 1 saturated carbocycles. The summed E-state index contributed by atoms with van der Waals surface area (Å²) in [5.74, 6) is 0.855. The zero-order chi connectivity index (χ0) is 11.4. The van der Waals surface area contributed by atoms with E-state index in [9.17, 15) is 0 Å². The average Bonchev–Trinajstić information content (AvgIpc) is 2.23. The normalized spacial score (nSPS) is 18.4. The lowest BCUT2D eigenvalue weighted by Gasteiger charge is -2.43. The Balaban J connectivity index is 1.94. The van der Waals surface area contributed by atoms with Gasteiger partial charge in [0.1, 0.15) is 0 Å². The molecule has 0 nitrogen and oxygen atoms in total. The number of benzene rings is 1. The van der Waals surface area contributed by atoms with Crippen molar-refractivity contribution < 1.29 is 0 Å². The van der Waals surface area contributed by atoms with Crippen LogP contribution in [-0.4, -0.2) is 0 Å². The third kappa shape index (κ3) is 2.87. The van der Waals surface area contributed by atoms with E-state index < -0.39 is 0 Å². The maximum atomic E-state index is 2.34. The van der Waals surface area contributed by atoms with E-state index >= 15 is 0 Å². The summed E-state index contributed by atoms with van der Waals surface area (Å²) >= 11 is 0. The molecule has 0 heterocycles. The predicted molar refractivity (Wildman–Crippen MR) is 70.5 cm³/mol. The molecule has 0 heteroatoms. The van der Waals surface area contributed by atoms with Crippen molar-refractivity contribution in [1.29, 1.82) is 0 Å². The molecule has 0 saturated heterocycles. The summed E-state index contributed by atoms with van der Waals surface area (Å²) in [7, 11) is 0. The lowest BCUT2D eigenvalue weighted by molar-refractivity contribution is 0.110. The van der Waals surface area contributed by atoms with Gasteiger partial charge in [0.25, 0.3) is 0 Å². The highest BCUT2D eigenvalue weighted by Crippen LogP contribution is 2.47. The van der Waals surface area contributed by atoms with E-state index in [2.05, 4.69) is 44.2 Å². The van der Waals surface area contributed by atoms with E-state index in [4.69, 9.17) is 0 Å². The van der Waals surface area contributed by atoms with Crippen LogP contribution in [0.4, 0.5) is 0 Å². The highest BCUT2D eigenvalue weighted by molar-refractivity contribution is 5.17. The highest BCUT2D eigenvalue weighted by Gasteiger charge is 2.36. The number of hydrogen-bond acceptors (Lipinski definition) is 0. The first-order valence-corrected chi connectivity index (χ1v) is 6.74. The van der Waals surface area contributed by atoms with Crippen LogP contribution in [0, 0.1) is 11.3 Å². The Morgan fingerprint density at radius 1 is 1.12 bits per heavy atom. The van der Waals surface area contributed by atoms with Gasteiger partial charge in [-0.25, -0.2) is 0 Å². The Morgan fingerprint density at radius 3 is 2.31 bits per heavy atom. The predicted octanol–water partition coefficient (Wildman–Crippen LogP) is 4.84. The summed E-state index contributed by atoms with van der Waals surface area (Å²) in [5.41, 5.74) is 2.19. The van der Waals surface area contributed by atoms with E-state index in [0.29, 0.717) is 5.41 Å². The van der Waals surface area contributed by atoms with Gasteiger partial charge in [-0.3, -0.25) is 0 Å². The van der Waals surface area contributed by atoms with Crippen molar-refractivity contribution >= 4 is 0 Å². The Hall–Kier alpha value is -0.780. The molecule has 0 atom stereocenters. The fraction of sp³-hybridized carbons (Fsp3) is 0.625. The van der Waals surface area contributed by atoms with Crippen LogP contribution in [0.15, 0.2) is 30.3 Å². The van der Waals surface area contributed by atoms with Crippen LogP contribution in [0.5, 0.6) is 0 Å². The van der Waals surface area contributed by atoms with E-state index in [1.807, 2.05) is 0 Å². The van der Waals surface area contributed by atoms with Crippen molar-refractivity contribution in [2.24, 2.45) is 11.3 Å². The van der Waals surface area contributed by atoms with E-state index in [-0.39, 0.29) is 0 Å². The second kappa shape index (κ2) is 5.03. The maximum Gasteiger partial charge on any atom is -0.0222 e. The third-order valence-electron chi connectivity index (χ3n) is 4.09. The van der Waals surface area contributed by atoms with Gasteiger partial charge in [-0.15, -0.1) is 0 Å². The molecule has 1 aliphatic rings. The van der Waals surface area contributed by atoms with Gasteiger partial charge in [0.15, 0.2) is 0 Å². The molecule has 88 valence electrons. The minimum absolute atomic E-state index is 0.658. The van der Waals surface area contributed by atoms with Crippen LogP contribution in [0.25, 0.3) is 0 Å². The molecule has 0 radical (unpaired) electrons. The van der Waals surface area contributed by atoms with Crippen molar-refractivity contribution in [1.82, 2.24) is 0 Å². The van der Waals surface area contributed by atoms with Crippen molar-refractivity contribution in [2.45, 2.75) is 52.4 Å². The Bertz CT molecular complexity index is 306. The molecule has 1 aliphatic carbocycles. The minimum atomic E-state index is 0.658. The molecule has 0 spiro atoms. The van der Waals surface area contributed by atoms with Gasteiger partial charge in [0, 0.05) is 0 Å². The zero-order valence-electron chi connectivity index (χ0n) is 10.7. The van der Waals surface area contributed by atoms with Crippen molar-refractivity contribution in [2.75, 3.05) is 0 Å². The molecule has 2 rings (SSSR count). The quantitative estimate of drug-likeness (QED) is 0.661. The second-order valence-corrected chi connectivity index (χ2v) is 5.95. The van der Waals surface area contributed by atoms with Crippen LogP contribution in [0.3, 0.4) is 0 Å². The van der Waals surface area contributed by atoms with Crippen LogP contribution < -0.4 is 0 Å². The molecule has 0 unspecified atom stereocenters. The first-order chi connectivity index (χ1) is 7.70. The van der Waals surface area contributed by atoms with Gasteiger partial charge in [-0.05, 0) is 42.6 Å². The SMILES string of the molecule is CC(C)CCC1(Cc2ccccc2)CCC1. The highest BCUT2D eigenvalue weighted by atomic mass is 14.4. The van der Waals surface area contributed by atoms with Gasteiger partial charge < -0.3 is 0 Å². The summed E-state index contributed by atoms with van der Waals surface area (Å²) in [4.78, 5) is 0. The summed E-state index contributed by atoms with van der Waals surface area (Å²) in [6.07, 6.45) is 8.49. The van der Waals surface area contributed by atoms with Crippen LogP contribution in [-0.2, 0) is 6.42 Å². The molecule has 0 amide bonds. The van der Waals surface area contributed by atoms with Gasteiger partial charge in [0.05, 0.1) is 0 Å². The van der Waals surface area contributed by atoms with Crippen LogP contribution in [0.1, 0.15) is 51.5 Å². The largest absolute Gasteiger partial charge is 0.0628 e. The number of rotatable bonds is 5. The Kier molecular flexibility index (Phi) is 3.68. The minimum Gasteiger partial charge on any atom is -0.0628 e. The molecular formula is C16H24. The van der Waals surface area contributed by atoms with Crippen LogP contribution in [0.2, 0.25) is 0 Å². The van der Waals surface area contributed by atoms with Crippen molar-refractivity contribution in [3.05, 3.63) is 35.9 Å². The summed E-state index contributed by atoms with van der Waals surface area (Å²) in [6, 6.07) is 11.0. The van der Waals surface area contributed by atoms with Gasteiger partial charge in [-0.2, -0.15) is 0 Å². The first-order valence-electron chi connectivity index (χ1n) is 6.74. The molecule has 0 aromatic heterocycles. The molecule has 0 bridgehead atoms. The zero-order valence-corrected chi connectivity index (χ0v) is 10.7. The van der Waals surface area contributed by atoms with E-state index in [0.717, 1.165) is 5.92 Å². The van der Waals surface area contributed by atoms with Gasteiger partial charge in [-0.1, -0.05) is 57.0 Å². The Labute approximate surface area is 100 Å². The third-order valence-corrected chi connectivity index (χ3v) is 4.09. The average molecular weight is 216 g/mol. The summed E-state index contributed by atoms with van der Waals surface area (Å²) in [6.45, 7) is 4.68. The van der Waals surface area contributed by atoms with Gasteiger partial charge in [0.2, 0.25) is 0 Å². The molecule has 16 heavy (non-hydrogen) atoms. The molecule has 1 fully saturated rings. The van der Waals surface area contributed by atoms with Crippen molar-refractivity contribution in [3.63, 3.8) is 0 Å². The number of hydrogen-bond donors (Lipinski definition) is 0. The molecule has 1 aromatic rings. The lowest BCUT2D eigenvalue weighted by Crippen LogP contribution is -2.32. The Morgan fingerprint density at radius 2 is 1.81 bits per heavy atom. The fourth-order valence-electron chi connectivity index (χ4n) is 2.82. The van der Waals surface area contributed by atoms with Crippen LogP contribution >= 0.6 is 0 Å². The molecular weight excluding hydrogens is 192 g/mol. The molecule has 1 aromatic carbocycles. The first kappa shape index (κ1) is 11.7. The molecule has 0 aliphatic heterocycles. The standard InChI is InChI=1S/C16H24/c1-14(2)9-12-16(10-6-11-16)13-15-7-4-3-5-8-15/h3-5,7-8,14H,6,9-13H2,1-2H3.